The number of para-hydroxylation sites is 1. The normalized spacial score (nSPS) is 11.9. The molecule has 1 atom stereocenters. The highest BCUT2D eigenvalue weighted by molar-refractivity contribution is 5.99. The summed E-state index contributed by atoms with van der Waals surface area (Å²) in [4.78, 5) is 23.9. The molecule has 1 N–H and O–H groups in total. The molecule has 0 unspecified atom stereocenters. The van der Waals surface area contributed by atoms with Crippen molar-refractivity contribution in [1.29, 1.82) is 0 Å². The molecule has 4 nitrogen and oxygen atoms in total. The molecule has 1 aromatic heterocycles. The van der Waals surface area contributed by atoms with Crippen LogP contribution in [0.1, 0.15) is 44.8 Å². The van der Waals surface area contributed by atoms with Gasteiger partial charge in [-0.3, -0.25) is 9.59 Å². The molecule has 29 heavy (non-hydrogen) atoms. The fourth-order valence-corrected chi connectivity index (χ4v) is 3.57. The van der Waals surface area contributed by atoms with Crippen molar-refractivity contribution < 1.29 is 9.59 Å². The summed E-state index contributed by atoms with van der Waals surface area (Å²) in [6, 6.07) is 23.0. The van der Waals surface area contributed by atoms with Crippen molar-refractivity contribution >= 4 is 23.1 Å². The first-order valence-electron chi connectivity index (χ1n) is 9.60. The van der Waals surface area contributed by atoms with Gasteiger partial charge < -0.3 is 9.88 Å². The van der Waals surface area contributed by atoms with Crippen molar-refractivity contribution in [3.05, 3.63) is 101 Å². The molecule has 0 saturated carbocycles. The molecule has 144 valence electrons. The van der Waals surface area contributed by atoms with Crippen molar-refractivity contribution in [3.8, 4) is 5.69 Å². The molecule has 0 bridgehead atoms. The maximum atomic E-state index is 13.1. The van der Waals surface area contributed by atoms with Gasteiger partial charge in [0.2, 0.25) is 0 Å². The minimum atomic E-state index is -0.180. The van der Waals surface area contributed by atoms with Gasteiger partial charge in [0.05, 0.1) is 22.8 Å². The topological polar surface area (TPSA) is 51.1 Å². The predicted molar refractivity (Wildman–Crippen MR) is 116 cm³/mol. The van der Waals surface area contributed by atoms with E-state index in [1.54, 1.807) is 12.1 Å². The van der Waals surface area contributed by atoms with Crippen LogP contribution in [0.3, 0.4) is 0 Å². The van der Waals surface area contributed by atoms with Crippen LogP contribution in [0.4, 0.5) is 0 Å². The smallest absolute Gasteiger partial charge is 0.253 e. The zero-order valence-electron chi connectivity index (χ0n) is 16.4. The highest BCUT2D eigenvalue weighted by atomic mass is 16.1. The molecule has 0 aliphatic heterocycles. The molecule has 4 rings (SSSR count). The zero-order chi connectivity index (χ0) is 20.4. The Kier molecular flexibility index (Phi) is 5.00. The maximum absolute atomic E-state index is 13.1. The molecule has 4 heteroatoms. The van der Waals surface area contributed by atoms with Gasteiger partial charge in [0, 0.05) is 17.1 Å². The predicted octanol–water partition coefficient (Wildman–Crippen LogP) is 5.24. The average Bonchev–Trinajstić information content (AvgIpc) is 3.16. The molecule has 1 heterocycles. The van der Waals surface area contributed by atoms with Crippen LogP contribution in [0.2, 0.25) is 0 Å². The van der Waals surface area contributed by atoms with E-state index in [0.29, 0.717) is 11.1 Å². The summed E-state index contributed by atoms with van der Waals surface area (Å²) >= 11 is 0. The third-order valence-corrected chi connectivity index (χ3v) is 5.17. The average molecular weight is 382 g/mol. The largest absolute Gasteiger partial charge is 0.345 e. The van der Waals surface area contributed by atoms with Crippen LogP contribution < -0.4 is 5.32 Å². The van der Waals surface area contributed by atoms with E-state index in [2.05, 4.69) is 36.5 Å². The lowest BCUT2D eigenvalue weighted by molar-refractivity contribution is 0.0939. The molecule has 0 saturated heterocycles. The van der Waals surface area contributed by atoms with Crippen LogP contribution in [0.25, 0.3) is 16.6 Å². The van der Waals surface area contributed by atoms with E-state index in [-0.39, 0.29) is 11.9 Å². The van der Waals surface area contributed by atoms with Gasteiger partial charge in [-0.2, -0.15) is 0 Å². The molecule has 0 aliphatic carbocycles. The number of amides is 1. The summed E-state index contributed by atoms with van der Waals surface area (Å²) in [6.07, 6.45) is 2.81. The number of aldehydes is 1. The molecule has 0 fully saturated rings. The van der Waals surface area contributed by atoms with Gasteiger partial charge in [0.15, 0.2) is 0 Å². The van der Waals surface area contributed by atoms with Crippen molar-refractivity contribution in [2.24, 2.45) is 0 Å². The molecule has 4 aromatic rings. The Morgan fingerprint density at radius 1 is 1.00 bits per heavy atom. The minimum absolute atomic E-state index is 0.137. The Balaban J connectivity index is 1.65. The van der Waals surface area contributed by atoms with E-state index in [1.165, 1.54) is 5.56 Å². The van der Waals surface area contributed by atoms with Gasteiger partial charge in [-0.1, -0.05) is 48.0 Å². The number of nitrogens with one attached hydrogen (secondary N) is 1. The Morgan fingerprint density at radius 2 is 1.76 bits per heavy atom. The molecule has 0 aliphatic rings. The monoisotopic (exact) mass is 382 g/mol. The Morgan fingerprint density at radius 3 is 2.52 bits per heavy atom. The van der Waals surface area contributed by atoms with Crippen molar-refractivity contribution in [2.45, 2.75) is 19.9 Å². The fourth-order valence-electron chi connectivity index (χ4n) is 3.57. The summed E-state index contributed by atoms with van der Waals surface area (Å²) in [6.45, 7) is 4.01. The van der Waals surface area contributed by atoms with Crippen LogP contribution in [0.5, 0.6) is 0 Å². The highest BCUT2D eigenvalue weighted by Gasteiger charge is 2.16. The van der Waals surface area contributed by atoms with Gasteiger partial charge in [0.1, 0.15) is 6.29 Å². The molecular formula is C25H22N2O2. The minimum Gasteiger partial charge on any atom is -0.345 e. The Bertz CT molecular complexity index is 1190. The molecule has 0 spiro atoms. The van der Waals surface area contributed by atoms with Crippen LogP contribution in [-0.4, -0.2) is 16.8 Å². The second-order valence-corrected chi connectivity index (χ2v) is 7.24. The molecule has 3 aromatic carbocycles. The lowest BCUT2D eigenvalue weighted by Crippen LogP contribution is -2.27. The number of hydrogen-bond acceptors (Lipinski definition) is 2. The number of benzene rings is 3. The number of nitrogens with zero attached hydrogens (tertiary/aromatic N) is 1. The number of carbonyl (C=O) groups excluding carboxylic acids is 2. The van der Waals surface area contributed by atoms with Crippen LogP contribution >= 0.6 is 0 Å². The number of fused-ring (bicyclic) bond motifs is 1. The van der Waals surface area contributed by atoms with Crippen LogP contribution in [0, 0.1) is 6.92 Å². The van der Waals surface area contributed by atoms with Gasteiger partial charge >= 0.3 is 0 Å². The van der Waals surface area contributed by atoms with E-state index in [1.807, 2.05) is 54.1 Å². The quantitative estimate of drug-likeness (QED) is 0.480. The summed E-state index contributed by atoms with van der Waals surface area (Å²) in [5.41, 5.74) is 5.29. The van der Waals surface area contributed by atoms with Crippen LogP contribution in [0.15, 0.2) is 79.0 Å². The molecule has 0 radical (unpaired) electrons. The fraction of sp³-hybridized carbons (Fsp3) is 0.120. The highest BCUT2D eigenvalue weighted by Crippen LogP contribution is 2.24. The van der Waals surface area contributed by atoms with E-state index in [9.17, 15) is 9.59 Å². The second-order valence-electron chi connectivity index (χ2n) is 7.24. The summed E-state index contributed by atoms with van der Waals surface area (Å²) in [7, 11) is 0. The SMILES string of the molecule is Cc1ccc2c(ccn2-c2ccccc2C(=O)N[C@@H](C)c2ccc(C=O)cc2)c1. The van der Waals surface area contributed by atoms with E-state index in [4.69, 9.17) is 0 Å². The maximum Gasteiger partial charge on any atom is 0.253 e. The number of carbonyl (C=O) groups is 2. The summed E-state index contributed by atoms with van der Waals surface area (Å²) in [5.74, 6) is -0.137. The first-order chi connectivity index (χ1) is 14.1. The van der Waals surface area contributed by atoms with Gasteiger partial charge in [0.25, 0.3) is 5.91 Å². The van der Waals surface area contributed by atoms with Gasteiger partial charge in [-0.05, 0) is 49.7 Å². The number of aromatic nitrogens is 1. The Labute approximate surface area is 169 Å². The van der Waals surface area contributed by atoms with Crippen molar-refractivity contribution in [1.82, 2.24) is 9.88 Å². The molecule has 1 amide bonds. The van der Waals surface area contributed by atoms with Gasteiger partial charge in [-0.15, -0.1) is 0 Å². The molecular weight excluding hydrogens is 360 g/mol. The number of hydrogen-bond donors (Lipinski definition) is 1. The third-order valence-electron chi connectivity index (χ3n) is 5.17. The number of rotatable bonds is 5. The lowest BCUT2D eigenvalue weighted by Gasteiger charge is -2.17. The standard InChI is InChI=1S/C25H22N2O2/c1-17-7-12-23-21(15-17)13-14-27(23)24-6-4-3-5-22(24)25(29)26-18(2)20-10-8-19(16-28)9-11-20/h3-16,18H,1-2H3,(H,26,29)/t18-/m0/s1. The van der Waals surface area contributed by atoms with E-state index >= 15 is 0 Å². The second kappa shape index (κ2) is 7.76. The van der Waals surface area contributed by atoms with Gasteiger partial charge in [-0.25, -0.2) is 0 Å². The third kappa shape index (κ3) is 3.69. The van der Waals surface area contributed by atoms with E-state index in [0.717, 1.165) is 28.4 Å². The van der Waals surface area contributed by atoms with Crippen LogP contribution in [-0.2, 0) is 0 Å². The first kappa shape index (κ1) is 18.7. The Hall–Kier alpha value is -3.66. The zero-order valence-corrected chi connectivity index (χ0v) is 16.4. The van der Waals surface area contributed by atoms with Crippen molar-refractivity contribution in [2.75, 3.05) is 0 Å². The summed E-state index contributed by atoms with van der Waals surface area (Å²) < 4.78 is 2.05. The first-order valence-corrected chi connectivity index (χ1v) is 9.60. The number of aryl methyl sites for hydroxylation is 1. The van der Waals surface area contributed by atoms with E-state index < -0.39 is 0 Å². The summed E-state index contributed by atoms with van der Waals surface area (Å²) in [5, 5.41) is 4.21. The lowest BCUT2D eigenvalue weighted by atomic mass is 10.1. The van der Waals surface area contributed by atoms with Crippen molar-refractivity contribution in [3.63, 3.8) is 0 Å².